The molecule has 0 aliphatic carbocycles. The molecule has 0 saturated heterocycles. The lowest BCUT2D eigenvalue weighted by molar-refractivity contribution is -0.115. The maximum atomic E-state index is 12.1. The van der Waals surface area contributed by atoms with Crippen molar-refractivity contribution >= 4 is 39.2 Å². The number of benzene rings is 2. The van der Waals surface area contributed by atoms with Gasteiger partial charge in [-0.15, -0.1) is 11.3 Å². The molecule has 3 aromatic rings. The normalized spacial score (nSPS) is 10.5. The van der Waals surface area contributed by atoms with Gasteiger partial charge in [-0.25, -0.2) is 0 Å². The highest BCUT2D eigenvalue weighted by atomic mass is 32.1. The van der Waals surface area contributed by atoms with Crippen molar-refractivity contribution in [2.24, 2.45) is 0 Å². The van der Waals surface area contributed by atoms with E-state index in [1.54, 1.807) is 23.5 Å². The summed E-state index contributed by atoms with van der Waals surface area (Å²) in [4.78, 5) is 13.1. The molecule has 3 N–H and O–H groups in total. The molecule has 0 aliphatic rings. The number of hydrogen-bond acceptors (Lipinski definition) is 4. The van der Waals surface area contributed by atoms with Crippen LogP contribution in [0.2, 0.25) is 0 Å². The van der Waals surface area contributed by atoms with Crippen molar-refractivity contribution in [3.8, 4) is 5.75 Å². The molecule has 5 heteroatoms. The molecule has 1 aromatic heterocycles. The number of nitrogens with one attached hydrogen (secondary N) is 2. The first-order valence-electron chi connectivity index (χ1n) is 6.76. The molecule has 4 nitrogen and oxygen atoms in total. The fraction of sp³-hybridized carbons (Fsp3) is 0.0588. The maximum Gasteiger partial charge on any atom is 0.229 e. The van der Waals surface area contributed by atoms with Gasteiger partial charge in [0.1, 0.15) is 5.75 Å². The number of phenolic OH excluding ortho intramolecular Hbond substituents is 1. The van der Waals surface area contributed by atoms with Gasteiger partial charge in [0.05, 0.1) is 6.42 Å². The number of amides is 1. The second kappa shape index (κ2) is 5.99. The molecule has 1 amide bonds. The number of carbonyl (C=O) groups is 1. The Bertz CT molecular complexity index is 822. The van der Waals surface area contributed by atoms with Crippen molar-refractivity contribution < 1.29 is 9.90 Å². The Hall–Kier alpha value is -2.66. The third-order valence-electron chi connectivity index (χ3n) is 3.28. The Morgan fingerprint density at radius 1 is 1.23 bits per heavy atom. The van der Waals surface area contributed by atoms with Crippen LogP contribution in [0.4, 0.5) is 5.69 Å². The number of aromatic hydroxyl groups is 1. The summed E-state index contributed by atoms with van der Waals surface area (Å²) in [5.74, 6) is -0.150. The molecule has 0 bridgehead atoms. The summed E-state index contributed by atoms with van der Waals surface area (Å²) in [5.41, 5.74) is 0.941. The third kappa shape index (κ3) is 2.99. The van der Waals surface area contributed by atoms with Crippen LogP contribution in [-0.4, -0.2) is 17.2 Å². The third-order valence-corrected chi connectivity index (χ3v) is 4.40. The van der Waals surface area contributed by atoms with Crippen molar-refractivity contribution in [2.75, 3.05) is 5.32 Å². The summed E-state index contributed by atoms with van der Waals surface area (Å²) in [6.45, 7) is 0. The SMILES string of the molecule is N=Cc1ccc(NC(=O)Cc2cc3ccccc3s2)cc1O. The molecule has 0 unspecified atom stereocenters. The molecule has 0 atom stereocenters. The number of rotatable bonds is 4. The zero-order chi connectivity index (χ0) is 15.5. The van der Waals surface area contributed by atoms with E-state index >= 15 is 0 Å². The van der Waals surface area contributed by atoms with Crippen molar-refractivity contribution in [3.63, 3.8) is 0 Å². The van der Waals surface area contributed by atoms with Gasteiger partial charge in [0.2, 0.25) is 5.91 Å². The average molecular weight is 310 g/mol. The molecule has 0 radical (unpaired) electrons. The molecule has 3 rings (SSSR count). The van der Waals surface area contributed by atoms with Gasteiger partial charge in [-0.2, -0.15) is 0 Å². The second-order valence-corrected chi connectivity index (χ2v) is 6.06. The summed E-state index contributed by atoms with van der Waals surface area (Å²) in [5, 5.41) is 20.7. The van der Waals surface area contributed by atoms with Gasteiger partial charge in [-0.1, -0.05) is 18.2 Å². The fourth-order valence-corrected chi connectivity index (χ4v) is 3.29. The molecule has 110 valence electrons. The fourth-order valence-electron chi connectivity index (χ4n) is 2.23. The van der Waals surface area contributed by atoms with E-state index in [0.717, 1.165) is 16.5 Å². The second-order valence-electron chi connectivity index (χ2n) is 4.89. The number of hydrogen-bond donors (Lipinski definition) is 3. The Balaban J connectivity index is 1.72. The van der Waals surface area contributed by atoms with Crippen LogP contribution < -0.4 is 5.32 Å². The standard InChI is InChI=1S/C17H14N2O2S/c18-10-12-5-6-13(8-15(12)20)19-17(21)9-14-7-11-3-1-2-4-16(11)22-14/h1-8,10,18,20H,9H2,(H,19,21). The first-order valence-corrected chi connectivity index (χ1v) is 7.58. The summed E-state index contributed by atoms with van der Waals surface area (Å²) in [6.07, 6.45) is 1.37. The van der Waals surface area contributed by atoms with Crippen LogP contribution in [0.25, 0.3) is 10.1 Å². The lowest BCUT2D eigenvalue weighted by atomic mass is 10.2. The van der Waals surface area contributed by atoms with Crippen molar-refractivity contribution in [3.05, 3.63) is 59.0 Å². The minimum absolute atomic E-state index is 0.0188. The van der Waals surface area contributed by atoms with Crippen LogP contribution >= 0.6 is 11.3 Å². The van der Waals surface area contributed by atoms with E-state index in [-0.39, 0.29) is 11.7 Å². The molecule has 0 saturated carbocycles. The van der Waals surface area contributed by atoms with E-state index in [4.69, 9.17) is 5.41 Å². The van der Waals surface area contributed by atoms with Gasteiger partial charge >= 0.3 is 0 Å². The van der Waals surface area contributed by atoms with Crippen LogP contribution in [0, 0.1) is 5.41 Å². The number of fused-ring (bicyclic) bond motifs is 1. The highest BCUT2D eigenvalue weighted by Gasteiger charge is 2.08. The topological polar surface area (TPSA) is 73.2 Å². The Morgan fingerprint density at radius 2 is 2.05 bits per heavy atom. The van der Waals surface area contributed by atoms with E-state index < -0.39 is 0 Å². The monoisotopic (exact) mass is 310 g/mol. The first-order chi connectivity index (χ1) is 10.7. The first kappa shape index (κ1) is 14.3. The summed E-state index contributed by atoms with van der Waals surface area (Å²) in [6, 6.07) is 14.8. The van der Waals surface area contributed by atoms with Crippen molar-refractivity contribution in [2.45, 2.75) is 6.42 Å². The number of phenols is 1. The lowest BCUT2D eigenvalue weighted by Gasteiger charge is -2.06. The molecule has 0 spiro atoms. The number of thiophene rings is 1. The molecular weight excluding hydrogens is 296 g/mol. The molecule has 2 aromatic carbocycles. The lowest BCUT2D eigenvalue weighted by Crippen LogP contribution is -2.13. The van der Waals surface area contributed by atoms with Crippen LogP contribution in [0.1, 0.15) is 10.4 Å². The maximum absolute atomic E-state index is 12.1. The number of anilines is 1. The highest BCUT2D eigenvalue weighted by molar-refractivity contribution is 7.19. The molecule has 0 fully saturated rings. The van der Waals surface area contributed by atoms with Crippen LogP contribution in [0.15, 0.2) is 48.5 Å². The Labute approximate surface area is 131 Å². The quantitative estimate of drug-likeness (QED) is 0.641. The van der Waals surface area contributed by atoms with E-state index in [0.29, 0.717) is 17.7 Å². The number of carbonyl (C=O) groups excluding carboxylic acids is 1. The Kier molecular flexibility index (Phi) is 3.89. The zero-order valence-electron chi connectivity index (χ0n) is 11.7. The highest BCUT2D eigenvalue weighted by Crippen LogP contribution is 2.26. The summed E-state index contributed by atoms with van der Waals surface area (Å²) in [7, 11) is 0. The van der Waals surface area contributed by atoms with Crippen LogP contribution in [-0.2, 0) is 11.2 Å². The van der Waals surface area contributed by atoms with E-state index in [9.17, 15) is 9.90 Å². The van der Waals surface area contributed by atoms with Gasteiger partial charge in [-0.3, -0.25) is 4.79 Å². The van der Waals surface area contributed by atoms with Crippen LogP contribution in [0.5, 0.6) is 5.75 Å². The zero-order valence-corrected chi connectivity index (χ0v) is 12.5. The van der Waals surface area contributed by atoms with E-state index in [1.165, 1.54) is 10.8 Å². The molecular formula is C17H14N2O2S. The largest absolute Gasteiger partial charge is 0.507 e. The van der Waals surface area contributed by atoms with E-state index in [2.05, 4.69) is 5.32 Å². The van der Waals surface area contributed by atoms with Gasteiger partial charge in [-0.05, 0) is 29.7 Å². The van der Waals surface area contributed by atoms with Gasteiger partial charge in [0.15, 0.2) is 0 Å². The Morgan fingerprint density at radius 3 is 2.77 bits per heavy atom. The predicted molar refractivity (Wildman–Crippen MR) is 90.2 cm³/mol. The predicted octanol–water partition coefficient (Wildman–Crippen LogP) is 3.79. The average Bonchev–Trinajstić information content (AvgIpc) is 2.89. The van der Waals surface area contributed by atoms with Crippen LogP contribution in [0.3, 0.4) is 0 Å². The summed E-state index contributed by atoms with van der Waals surface area (Å²) < 4.78 is 1.17. The molecule has 0 aliphatic heterocycles. The van der Waals surface area contributed by atoms with Gasteiger partial charge in [0, 0.05) is 33.1 Å². The van der Waals surface area contributed by atoms with Crippen molar-refractivity contribution in [1.29, 1.82) is 5.41 Å². The summed E-state index contributed by atoms with van der Waals surface area (Å²) >= 11 is 1.61. The van der Waals surface area contributed by atoms with Gasteiger partial charge < -0.3 is 15.8 Å². The minimum Gasteiger partial charge on any atom is -0.507 e. The van der Waals surface area contributed by atoms with Gasteiger partial charge in [0.25, 0.3) is 0 Å². The molecule has 1 heterocycles. The van der Waals surface area contributed by atoms with E-state index in [1.807, 2.05) is 30.3 Å². The molecule has 22 heavy (non-hydrogen) atoms. The minimum atomic E-state index is -0.131. The smallest absolute Gasteiger partial charge is 0.229 e. The van der Waals surface area contributed by atoms with Crippen molar-refractivity contribution in [1.82, 2.24) is 0 Å².